The molecule has 0 bridgehead atoms. The van der Waals surface area contributed by atoms with Gasteiger partial charge in [-0.25, -0.2) is 0 Å². The molecule has 0 unspecified atom stereocenters. The molecular formula is C14H23N3. The summed E-state index contributed by atoms with van der Waals surface area (Å²) >= 11 is 0. The molecule has 0 aliphatic carbocycles. The minimum absolute atomic E-state index is 1.14. The van der Waals surface area contributed by atoms with Crippen molar-refractivity contribution < 1.29 is 0 Å². The molecule has 1 heterocycles. The number of para-hydroxylation sites is 2. The molecule has 0 atom stereocenters. The highest BCUT2D eigenvalue weighted by Gasteiger charge is 2.17. The van der Waals surface area contributed by atoms with E-state index in [1.165, 1.54) is 37.4 Å². The van der Waals surface area contributed by atoms with Crippen LogP contribution < -0.4 is 10.2 Å². The Morgan fingerprint density at radius 1 is 1.12 bits per heavy atom. The lowest BCUT2D eigenvalue weighted by Crippen LogP contribution is -2.46. The smallest absolute Gasteiger partial charge is 0.0602 e. The second kappa shape index (κ2) is 5.92. The standard InChI is InChI=1S/C14H23N3/c1-3-8-16-9-11-17(12-10-16)14-7-5-4-6-13(14)15-2/h4-7,15H,3,8-12H2,1-2H3. The summed E-state index contributed by atoms with van der Waals surface area (Å²) in [4.78, 5) is 5.04. The Morgan fingerprint density at radius 2 is 1.82 bits per heavy atom. The third kappa shape index (κ3) is 2.91. The number of nitrogens with one attached hydrogen (secondary N) is 1. The first kappa shape index (κ1) is 12.2. The van der Waals surface area contributed by atoms with Crippen LogP contribution in [0.3, 0.4) is 0 Å². The zero-order valence-corrected chi connectivity index (χ0v) is 10.9. The third-order valence-electron chi connectivity index (χ3n) is 3.43. The fraction of sp³-hybridized carbons (Fsp3) is 0.571. The van der Waals surface area contributed by atoms with Gasteiger partial charge in [0.25, 0.3) is 0 Å². The number of anilines is 2. The van der Waals surface area contributed by atoms with Crippen molar-refractivity contribution in [2.45, 2.75) is 13.3 Å². The van der Waals surface area contributed by atoms with Crippen molar-refractivity contribution in [2.75, 3.05) is 50.0 Å². The summed E-state index contributed by atoms with van der Waals surface area (Å²) in [5.41, 5.74) is 2.57. The molecule has 1 aromatic rings. The summed E-state index contributed by atoms with van der Waals surface area (Å²) in [5, 5.41) is 3.27. The van der Waals surface area contributed by atoms with Gasteiger partial charge in [0, 0.05) is 33.2 Å². The SMILES string of the molecule is CCCN1CCN(c2ccccc2NC)CC1. The molecule has 0 spiro atoms. The van der Waals surface area contributed by atoms with Crippen molar-refractivity contribution in [3.63, 3.8) is 0 Å². The molecule has 0 amide bonds. The van der Waals surface area contributed by atoms with E-state index in [1.807, 2.05) is 7.05 Å². The van der Waals surface area contributed by atoms with E-state index < -0.39 is 0 Å². The summed E-state index contributed by atoms with van der Waals surface area (Å²) in [7, 11) is 1.99. The molecule has 1 aliphatic heterocycles. The van der Waals surface area contributed by atoms with E-state index in [9.17, 15) is 0 Å². The zero-order chi connectivity index (χ0) is 12.1. The Bertz CT molecular complexity index is 343. The molecule has 1 N–H and O–H groups in total. The van der Waals surface area contributed by atoms with E-state index in [-0.39, 0.29) is 0 Å². The monoisotopic (exact) mass is 233 g/mol. The molecule has 3 nitrogen and oxygen atoms in total. The second-order valence-electron chi connectivity index (χ2n) is 4.60. The molecule has 1 fully saturated rings. The fourth-order valence-electron chi connectivity index (χ4n) is 2.49. The van der Waals surface area contributed by atoms with Crippen molar-refractivity contribution in [2.24, 2.45) is 0 Å². The van der Waals surface area contributed by atoms with Crippen LogP contribution in [0.15, 0.2) is 24.3 Å². The third-order valence-corrected chi connectivity index (χ3v) is 3.43. The van der Waals surface area contributed by atoms with Gasteiger partial charge in [-0.2, -0.15) is 0 Å². The van der Waals surface area contributed by atoms with Crippen molar-refractivity contribution in [3.05, 3.63) is 24.3 Å². The number of hydrogen-bond acceptors (Lipinski definition) is 3. The summed E-state index contributed by atoms with van der Waals surface area (Å²) in [6.07, 6.45) is 1.26. The molecule has 2 rings (SSSR count). The van der Waals surface area contributed by atoms with Gasteiger partial charge in [-0.3, -0.25) is 4.90 Å². The van der Waals surface area contributed by atoms with Gasteiger partial charge in [0.15, 0.2) is 0 Å². The predicted molar refractivity (Wildman–Crippen MR) is 74.9 cm³/mol. The highest BCUT2D eigenvalue weighted by molar-refractivity contribution is 5.69. The first-order valence-corrected chi connectivity index (χ1v) is 6.59. The van der Waals surface area contributed by atoms with E-state index in [2.05, 4.69) is 46.3 Å². The van der Waals surface area contributed by atoms with Gasteiger partial charge in [-0.05, 0) is 25.1 Å². The minimum atomic E-state index is 1.14. The molecule has 3 heteroatoms. The van der Waals surface area contributed by atoms with E-state index in [0.29, 0.717) is 0 Å². The van der Waals surface area contributed by atoms with Gasteiger partial charge in [0.05, 0.1) is 11.4 Å². The Labute approximate surface area is 104 Å². The molecule has 0 radical (unpaired) electrons. The Balaban J connectivity index is 2.00. The average molecular weight is 233 g/mol. The molecule has 1 aromatic carbocycles. The van der Waals surface area contributed by atoms with Crippen molar-refractivity contribution in [1.29, 1.82) is 0 Å². The molecule has 0 saturated carbocycles. The quantitative estimate of drug-likeness (QED) is 0.860. The minimum Gasteiger partial charge on any atom is -0.386 e. The summed E-state index contributed by atoms with van der Waals surface area (Å²) < 4.78 is 0. The normalized spacial score (nSPS) is 17.2. The van der Waals surface area contributed by atoms with Crippen LogP contribution in [0.4, 0.5) is 11.4 Å². The van der Waals surface area contributed by atoms with E-state index in [0.717, 1.165) is 13.1 Å². The summed E-state index contributed by atoms with van der Waals surface area (Å²) in [5.74, 6) is 0. The van der Waals surface area contributed by atoms with Crippen LogP contribution in [-0.2, 0) is 0 Å². The van der Waals surface area contributed by atoms with E-state index >= 15 is 0 Å². The van der Waals surface area contributed by atoms with Crippen LogP contribution in [0.1, 0.15) is 13.3 Å². The second-order valence-corrected chi connectivity index (χ2v) is 4.60. The maximum atomic E-state index is 3.27. The first-order valence-electron chi connectivity index (χ1n) is 6.59. The molecule has 17 heavy (non-hydrogen) atoms. The number of benzene rings is 1. The Kier molecular flexibility index (Phi) is 4.26. The maximum Gasteiger partial charge on any atom is 0.0602 e. The van der Waals surface area contributed by atoms with Gasteiger partial charge in [-0.15, -0.1) is 0 Å². The van der Waals surface area contributed by atoms with Crippen LogP contribution in [0.25, 0.3) is 0 Å². The highest BCUT2D eigenvalue weighted by atomic mass is 15.3. The zero-order valence-electron chi connectivity index (χ0n) is 10.9. The van der Waals surface area contributed by atoms with Gasteiger partial charge >= 0.3 is 0 Å². The van der Waals surface area contributed by atoms with Gasteiger partial charge < -0.3 is 10.2 Å². The van der Waals surface area contributed by atoms with Crippen molar-refractivity contribution in [1.82, 2.24) is 4.90 Å². The molecule has 1 aliphatic rings. The number of nitrogens with zero attached hydrogens (tertiary/aromatic N) is 2. The first-order chi connectivity index (χ1) is 8.35. The fourth-order valence-corrected chi connectivity index (χ4v) is 2.49. The maximum absolute atomic E-state index is 3.27. The Hall–Kier alpha value is -1.22. The van der Waals surface area contributed by atoms with Gasteiger partial charge in [-0.1, -0.05) is 19.1 Å². The van der Waals surface area contributed by atoms with Crippen LogP contribution >= 0.6 is 0 Å². The van der Waals surface area contributed by atoms with Crippen LogP contribution in [0.5, 0.6) is 0 Å². The molecule has 0 aromatic heterocycles. The number of piperazine rings is 1. The van der Waals surface area contributed by atoms with Gasteiger partial charge in [0.1, 0.15) is 0 Å². The van der Waals surface area contributed by atoms with Gasteiger partial charge in [0.2, 0.25) is 0 Å². The van der Waals surface area contributed by atoms with E-state index in [1.54, 1.807) is 0 Å². The lowest BCUT2D eigenvalue weighted by atomic mass is 10.2. The largest absolute Gasteiger partial charge is 0.386 e. The average Bonchev–Trinajstić information content (AvgIpc) is 2.40. The van der Waals surface area contributed by atoms with Crippen molar-refractivity contribution in [3.8, 4) is 0 Å². The number of hydrogen-bond donors (Lipinski definition) is 1. The lowest BCUT2D eigenvalue weighted by Gasteiger charge is -2.36. The van der Waals surface area contributed by atoms with Crippen molar-refractivity contribution >= 4 is 11.4 Å². The summed E-state index contributed by atoms with van der Waals surface area (Å²) in [6.45, 7) is 8.14. The van der Waals surface area contributed by atoms with Crippen LogP contribution in [0.2, 0.25) is 0 Å². The molecule has 94 valence electrons. The van der Waals surface area contributed by atoms with Crippen LogP contribution in [0, 0.1) is 0 Å². The van der Waals surface area contributed by atoms with E-state index in [4.69, 9.17) is 0 Å². The number of rotatable bonds is 4. The highest BCUT2D eigenvalue weighted by Crippen LogP contribution is 2.25. The topological polar surface area (TPSA) is 18.5 Å². The molecular weight excluding hydrogens is 210 g/mol. The summed E-state index contributed by atoms with van der Waals surface area (Å²) in [6, 6.07) is 8.56. The molecule has 1 saturated heterocycles. The Morgan fingerprint density at radius 3 is 2.47 bits per heavy atom. The lowest BCUT2D eigenvalue weighted by molar-refractivity contribution is 0.258. The predicted octanol–water partition coefficient (Wildman–Crippen LogP) is 2.26. The van der Waals surface area contributed by atoms with Crippen LogP contribution in [-0.4, -0.2) is 44.7 Å².